The van der Waals surface area contributed by atoms with Gasteiger partial charge in [-0.25, -0.2) is 0 Å². The van der Waals surface area contributed by atoms with Gasteiger partial charge < -0.3 is 9.84 Å². The molecule has 0 aliphatic heterocycles. The summed E-state index contributed by atoms with van der Waals surface area (Å²) in [6, 6.07) is 2.08. The lowest BCUT2D eigenvalue weighted by atomic mass is 10.1. The van der Waals surface area contributed by atoms with Crippen molar-refractivity contribution >= 4 is 0 Å². The second-order valence-corrected chi connectivity index (χ2v) is 7.29. The van der Waals surface area contributed by atoms with E-state index in [1.165, 1.54) is 0 Å². The van der Waals surface area contributed by atoms with Crippen molar-refractivity contribution in [1.29, 1.82) is 0 Å². The van der Waals surface area contributed by atoms with Gasteiger partial charge in [0.1, 0.15) is 0 Å². The van der Waals surface area contributed by atoms with Gasteiger partial charge in [0.25, 0.3) is 0 Å². The second kappa shape index (κ2) is 9.21. The van der Waals surface area contributed by atoms with Crippen LogP contribution < -0.4 is 5.32 Å². The summed E-state index contributed by atoms with van der Waals surface area (Å²) in [4.78, 5) is 2.46. The van der Waals surface area contributed by atoms with Crippen molar-refractivity contribution in [2.45, 2.75) is 54.6 Å². The molecule has 1 aromatic heterocycles. The van der Waals surface area contributed by atoms with Crippen molar-refractivity contribution in [3.63, 3.8) is 0 Å². The van der Waals surface area contributed by atoms with E-state index in [9.17, 15) is 0 Å². The molecule has 4 heteroatoms. The summed E-state index contributed by atoms with van der Waals surface area (Å²) in [7, 11) is 0. The molecule has 21 heavy (non-hydrogen) atoms. The Balaban J connectivity index is 2.49. The number of nitrogens with zero attached hydrogens (tertiary/aromatic N) is 2. The number of hydrogen-bond acceptors (Lipinski definition) is 4. The second-order valence-electron chi connectivity index (χ2n) is 7.29. The van der Waals surface area contributed by atoms with Gasteiger partial charge in [-0.15, -0.1) is 0 Å². The van der Waals surface area contributed by atoms with Gasteiger partial charge in [0, 0.05) is 25.7 Å². The molecule has 0 radical (unpaired) electrons. The Kier molecular flexibility index (Phi) is 7.97. The lowest BCUT2D eigenvalue weighted by molar-refractivity contribution is 0.189. The van der Waals surface area contributed by atoms with E-state index in [0.29, 0.717) is 17.8 Å². The Bertz CT molecular complexity index is 375. The summed E-state index contributed by atoms with van der Waals surface area (Å²) < 4.78 is 5.48. The molecule has 0 saturated heterocycles. The molecule has 0 unspecified atom stereocenters. The van der Waals surface area contributed by atoms with Crippen molar-refractivity contribution < 1.29 is 4.52 Å². The fourth-order valence-corrected chi connectivity index (χ4v) is 2.46. The predicted molar refractivity (Wildman–Crippen MR) is 88.0 cm³/mol. The van der Waals surface area contributed by atoms with Crippen molar-refractivity contribution in [1.82, 2.24) is 15.4 Å². The Morgan fingerprint density at radius 1 is 1.05 bits per heavy atom. The van der Waals surface area contributed by atoms with Crippen LogP contribution in [0.1, 0.15) is 53.0 Å². The zero-order valence-electron chi connectivity index (χ0n) is 14.6. The first kappa shape index (κ1) is 18.2. The SMILES string of the molecule is CC(C)CNCc1cc(CN(CC(C)C)CC(C)C)on1. The van der Waals surface area contributed by atoms with Gasteiger partial charge in [-0.05, 0) is 24.3 Å². The Morgan fingerprint density at radius 2 is 1.67 bits per heavy atom. The van der Waals surface area contributed by atoms with Gasteiger partial charge in [-0.2, -0.15) is 0 Å². The maximum Gasteiger partial charge on any atom is 0.151 e. The third-order valence-electron chi connectivity index (χ3n) is 3.09. The van der Waals surface area contributed by atoms with Gasteiger partial charge in [-0.3, -0.25) is 4.90 Å². The van der Waals surface area contributed by atoms with Crippen LogP contribution in [0, 0.1) is 17.8 Å². The maximum absolute atomic E-state index is 5.48. The number of aromatic nitrogens is 1. The fraction of sp³-hybridized carbons (Fsp3) is 0.824. The quantitative estimate of drug-likeness (QED) is 0.717. The van der Waals surface area contributed by atoms with Crippen LogP contribution in [0.3, 0.4) is 0 Å². The van der Waals surface area contributed by atoms with Crippen LogP contribution in [0.25, 0.3) is 0 Å². The largest absolute Gasteiger partial charge is 0.360 e. The zero-order valence-corrected chi connectivity index (χ0v) is 14.6. The first-order valence-corrected chi connectivity index (χ1v) is 8.24. The van der Waals surface area contributed by atoms with Crippen molar-refractivity contribution in [3.8, 4) is 0 Å². The highest BCUT2D eigenvalue weighted by Crippen LogP contribution is 2.11. The highest BCUT2D eigenvalue weighted by atomic mass is 16.5. The molecule has 122 valence electrons. The Labute approximate surface area is 130 Å². The summed E-state index contributed by atoms with van der Waals surface area (Å²) in [6.07, 6.45) is 0. The molecule has 0 aliphatic carbocycles. The number of hydrogen-bond donors (Lipinski definition) is 1. The van der Waals surface area contributed by atoms with Crippen LogP contribution in [0.15, 0.2) is 10.6 Å². The van der Waals surface area contributed by atoms with Gasteiger partial charge in [0.05, 0.1) is 12.2 Å². The van der Waals surface area contributed by atoms with E-state index >= 15 is 0 Å². The molecule has 1 N–H and O–H groups in total. The Morgan fingerprint density at radius 3 is 2.19 bits per heavy atom. The van der Waals surface area contributed by atoms with E-state index in [4.69, 9.17) is 4.52 Å². The fourth-order valence-electron chi connectivity index (χ4n) is 2.46. The molecule has 0 fully saturated rings. The summed E-state index contributed by atoms with van der Waals surface area (Å²) >= 11 is 0. The smallest absolute Gasteiger partial charge is 0.151 e. The summed E-state index contributed by atoms with van der Waals surface area (Å²) in [5.41, 5.74) is 1.000. The molecule has 0 atom stereocenters. The average Bonchev–Trinajstić information content (AvgIpc) is 2.74. The van der Waals surface area contributed by atoms with Gasteiger partial charge >= 0.3 is 0 Å². The molecule has 1 aromatic rings. The first-order valence-electron chi connectivity index (χ1n) is 8.24. The number of rotatable bonds is 10. The van der Waals surface area contributed by atoms with Crippen LogP contribution >= 0.6 is 0 Å². The predicted octanol–water partition coefficient (Wildman–Crippen LogP) is 3.53. The highest BCUT2D eigenvalue weighted by molar-refractivity contribution is 5.05. The third-order valence-corrected chi connectivity index (χ3v) is 3.09. The van der Waals surface area contributed by atoms with Crippen LogP contribution in [0.4, 0.5) is 0 Å². The first-order chi connectivity index (χ1) is 9.86. The summed E-state index contributed by atoms with van der Waals surface area (Å²) in [6.45, 7) is 18.3. The van der Waals surface area contributed by atoms with Crippen LogP contribution in [0.5, 0.6) is 0 Å². The molecule has 1 rings (SSSR count). The standard InChI is InChI=1S/C17H33N3O/c1-13(2)8-18-9-16-7-17(21-19-16)12-20(10-14(3)4)11-15(5)6/h7,13-15,18H,8-12H2,1-6H3. The van der Waals surface area contributed by atoms with E-state index < -0.39 is 0 Å². The molecule has 0 aromatic carbocycles. The van der Waals surface area contributed by atoms with E-state index in [1.54, 1.807) is 0 Å². The lowest BCUT2D eigenvalue weighted by Crippen LogP contribution is -2.30. The normalized spacial score (nSPS) is 12.3. The lowest BCUT2D eigenvalue weighted by Gasteiger charge is -2.24. The summed E-state index contributed by atoms with van der Waals surface area (Å²) in [5, 5.41) is 7.56. The van der Waals surface area contributed by atoms with Crippen LogP contribution in [0.2, 0.25) is 0 Å². The van der Waals surface area contributed by atoms with E-state index in [-0.39, 0.29) is 0 Å². The molecule has 0 amide bonds. The molecule has 1 heterocycles. The highest BCUT2D eigenvalue weighted by Gasteiger charge is 2.13. The molecule has 0 saturated carbocycles. The molecule has 0 bridgehead atoms. The minimum atomic E-state index is 0.656. The average molecular weight is 295 g/mol. The van der Waals surface area contributed by atoms with Crippen LogP contribution in [-0.4, -0.2) is 29.7 Å². The molecule has 0 spiro atoms. The molecule has 0 aliphatic rings. The van der Waals surface area contributed by atoms with Crippen molar-refractivity contribution in [2.75, 3.05) is 19.6 Å². The van der Waals surface area contributed by atoms with Crippen molar-refractivity contribution in [3.05, 3.63) is 17.5 Å². The van der Waals surface area contributed by atoms with E-state index in [2.05, 4.69) is 63.0 Å². The maximum atomic E-state index is 5.48. The third kappa shape index (κ3) is 8.22. The monoisotopic (exact) mass is 295 g/mol. The molecular weight excluding hydrogens is 262 g/mol. The minimum absolute atomic E-state index is 0.656. The van der Waals surface area contributed by atoms with Gasteiger partial charge in [0.15, 0.2) is 5.76 Å². The summed E-state index contributed by atoms with van der Waals surface area (Å²) in [5.74, 6) is 2.96. The number of nitrogens with one attached hydrogen (secondary N) is 1. The van der Waals surface area contributed by atoms with Gasteiger partial charge in [0.2, 0.25) is 0 Å². The van der Waals surface area contributed by atoms with Crippen molar-refractivity contribution in [2.24, 2.45) is 17.8 Å². The zero-order chi connectivity index (χ0) is 15.8. The van der Waals surface area contributed by atoms with Gasteiger partial charge in [-0.1, -0.05) is 46.7 Å². The Hall–Kier alpha value is -0.870. The van der Waals surface area contributed by atoms with E-state index in [1.807, 2.05) is 0 Å². The molecular formula is C17H33N3O. The van der Waals surface area contributed by atoms with E-state index in [0.717, 1.165) is 44.2 Å². The van der Waals surface area contributed by atoms with Crippen LogP contribution in [-0.2, 0) is 13.1 Å². The topological polar surface area (TPSA) is 41.3 Å². The minimum Gasteiger partial charge on any atom is -0.360 e. The molecule has 4 nitrogen and oxygen atoms in total.